The third kappa shape index (κ3) is 29.2. The highest BCUT2D eigenvalue weighted by molar-refractivity contribution is 7.45. The summed E-state index contributed by atoms with van der Waals surface area (Å²) in [6.07, 6.45) is 28.7. The molecule has 1 amide bonds. The molecule has 0 saturated carbocycles. The van der Waals surface area contributed by atoms with Gasteiger partial charge in [0, 0.05) is 6.42 Å². The Morgan fingerprint density at radius 2 is 1.42 bits per heavy atom. The normalized spacial score (nSPS) is 15.4. The Morgan fingerprint density at radius 1 is 0.837 bits per heavy atom. The lowest BCUT2D eigenvalue weighted by atomic mass is 10.0. The number of hydrogen-bond acceptors (Lipinski definition) is 6. The molecule has 0 heterocycles. The van der Waals surface area contributed by atoms with Crippen molar-refractivity contribution < 1.29 is 32.9 Å². The number of allylic oxidation sites excluding steroid dienone is 6. The summed E-state index contributed by atoms with van der Waals surface area (Å²) >= 11 is 0. The van der Waals surface area contributed by atoms with Gasteiger partial charge in [0.15, 0.2) is 0 Å². The lowest BCUT2D eigenvalue weighted by Crippen LogP contribution is -2.46. The number of nitrogens with one attached hydrogen (secondary N) is 1. The van der Waals surface area contributed by atoms with Crippen LogP contribution in [0.5, 0.6) is 0 Å². The van der Waals surface area contributed by atoms with E-state index in [1.54, 1.807) is 0 Å². The Morgan fingerprint density at radius 3 is 2.05 bits per heavy atom. The van der Waals surface area contributed by atoms with Crippen molar-refractivity contribution in [3.63, 3.8) is 0 Å². The van der Waals surface area contributed by atoms with Gasteiger partial charge < -0.3 is 28.8 Å². The second-order valence-electron chi connectivity index (χ2n) is 12.5. The van der Waals surface area contributed by atoms with Crippen LogP contribution in [0.2, 0.25) is 0 Å². The molecule has 0 radical (unpaired) electrons. The molecule has 0 rings (SSSR count). The predicted molar refractivity (Wildman–Crippen MR) is 178 cm³/mol. The van der Waals surface area contributed by atoms with E-state index in [-0.39, 0.29) is 19.1 Å². The van der Waals surface area contributed by atoms with Crippen LogP contribution in [0, 0.1) is 0 Å². The van der Waals surface area contributed by atoms with Crippen LogP contribution in [-0.4, -0.2) is 68.5 Å². The summed E-state index contributed by atoms with van der Waals surface area (Å²) in [7, 11) is 1.27. The molecule has 0 saturated heterocycles. The van der Waals surface area contributed by atoms with E-state index in [4.69, 9.17) is 9.05 Å². The molecule has 43 heavy (non-hydrogen) atoms. The van der Waals surface area contributed by atoms with Crippen molar-refractivity contribution in [1.82, 2.24) is 5.32 Å². The molecule has 3 atom stereocenters. The SMILES string of the molecule is CC/C=C\C/C=C\C/C=C\CCCCCC(=O)NC(COP(=O)([O-])OCC[N+](C)(C)C)C(O)CCCCCCCCCC. The van der Waals surface area contributed by atoms with Gasteiger partial charge in [-0.15, -0.1) is 0 Å². The minimum absolute atomic E-state index is 0.00461. The van der Waals surface area contributed by atoms with Crippen LogP contribution in [0.1, 0.15) is 123 Å². The predicted octanol–water partition coefficient (Wildman–Crippen LogP) is 7.38. The van der Waals surface area contributed by atoms with Crippen LogP contribution in [0.3, 0.4) is 0 Å². The largest absolute Gasteiger partial charge is 0.756 e. The Bertz CT molecular complexity index is 809. The van der Waals surface area contributed by atoms with Crippen LogP contribution >= 0.6 is 7.82 Å². The molecule has 2 N–H and O–H groups in total. The minimum Gasteiger partial charge on any atom is -0.756 e. The molecule has 252 valence electrons. The molecule has 3 unspecified atom stereocenters. The van der Waals surface area contributed by atoms with E-state index in [1.807, 2.05) is 21.1 Å². The molecule has 0 spiro atoms. The van der Waals surface area contributed by atoms with Gasteiger partial charge >= 0.3 is 0 Å². The number of quaternary nitrogens is 1. The molecule has 0 aliphatic rings. The van der Waals surface area contributed by atoms with Gasteiger partial charge in [-0.05, 0) is 44.9 Å². The average molecular weight is 629 g/mol. The van der Waals surface area contributed by atoms with E-state index in [9.17, 15) is 19.4 Å². The third-order valence-corrected chi connectivity index (χ3v) is 8.11. The van der Waals surface area contributed by atoms with Crippen molar-refractivity contribution in [3.05, 3.63) is 36.5 Å². The molecule has 0 aromatic rings. The fraction of sp³-hybridized carbons (Fsp3) is 0.794. The first kappa shape index (κ1) is 41.7. The Hall–Kier alpha value is -1.28. The summed E-state index contributed by atoms with van der Waals surface area (Å²) in [4.78, 5) is 25.0. The average Bonchev–Trinajstić information content (AvgIpc) is 2.94. The smallest absolute Gasteiger partial charge is 0.268 e. The molecule has 0 aliphatic carbocycles. The van der Waals surface area contributed by atoms with Gasteiger partial charge in [-0.3, -0.25) is 9.36 Å². The fourth-order valence-electron chi connectivity index (χ4n) is 4.40. The van der Waals surface area contributed by atoms with Gasteiger partial charge in [0.1, 0.15) is 13.2 Å². The van der Waals surface area contributed by atoms with Crippen molar-refractivity contribution >= 4 is 13.7 Å². The molecular weight excluding hydrogens is 563 g/mol. The third-order valence-electron chi connectivity index (χ3n) is 7.14. The number of aliphatic hydroxyl groups is 1. The number of amides is 1. The van der Waals surface area contributed by atoms with Gasteiger partial charge in [0.25, 0.3) is 7.82 Å². The summed E-state index contributed by atoms with van der Waals surface area (Å²) in [6, 6.07) is -0.810. The topological polar surface area (TPSA) is 108 Å². The van der Waals surface area contributed by atoms with Crippen LogP contribution < -0.4 is 10.2 Å². The highest BCUT2D eigenvalue weighted by atomic mass is 31.2. The van der Waals surface area contributed by atoms with E-state index in [0.717, 1.165) is 64.2 Å². The molecule has 0 aromatic heterocycles. The summed E-state index contributed by atoms with van der Waals surface area (Å²) in [5, 5.41) is 13.7. The number of hydrogen-bond donors (Lipinski definition) is 2. The quantitative estimate of drug-likeness (QED) is 0.0387. The number of phosphoric ester groups is 1. The molecule has 0 fully saturated rings. The highest BCUT2D eigenvalue weighted by Gasteiger charge is 2.24. The van der Waals surface area contributed by atoms with Gasteiger partial charge in [0.2, 0.25) is 5.91 Å². The molecule has 9 heteroatoms. The minimum atomic E-state index is -4.55. The zero-order valence-electron chi connectivity index (χ0n) is 28.1. The first-order chi connectivity index (χ1) is 20.5. The van der Waals surface area contributed by atoms with E-state index in [1.165, 1.54) is 32.1 Å². The Labute approximate surface area is 264 Å². The van der Waals surface area contributed by atoms with E-state index in [2.05, 4.69) is 55.6 Å². The molecule has 0 aromatic carbocycles. The maximum Gasteiger partial charge on any atom is 0.268 e. The van der Waals surface area contributed by atoms with E-state index in [0.29, 0.717) is 23.9 Å². The Balaban J connectivity index is 4.58. The number of phosphoric acid groups is 1. The van der Waals surface area contributed by atoms with Gasteiger partial charge in [0.05, 0.1) is 39.9 Å². The van der Waals surface area contributed by atoms with Gasteiger partial charge in [-0.2, -0.15) is 0 Å². The number of aliphatic hydroxyl groups excluding tert-OH is 1. The monoisotopic (exact) mass is 628 g/mol. The van der Waals surface area contributed by atoms with Gasteiger partial charge in [-0.25, -0.2) is 0 Å². The second kappa shape index (κ2) is 27.1. The van der Waals surface area contributed by atoms with Crippen LogP contribution in [0.15, 0.2) is 36.5 Å². The summed E-state index contributed by atoms with van der Waals surface area (Å²) in [5.74, 6) is -0.201. The van der Waals surface area contributed by atoms with E-state index >= 15 is 0 Å². The van der Waals surface area contributed by atoms with Crippen LogP contribution in [-0.2, 0) is 18.4 Å². The molecule has 8 nitrogen and oxygen atoms in total. The van der Waals surface area contributed by atoms with Crippen molar-refractivity contribution in [2.45, 2.75) is 135 Å². The molecule has 0 bridgehead atoms. The van der Waals surface area contributed by atoms with Crippen LogP contribution in [0.4, 0.5) is 0 Å². The number of carbonyl (C=O) groups is 1. The van der Waals surface area contributed by atoms with Gasteiger partial charge in [-0.1, -0.05) is 108 Å². The first-order valence-electron chi connectivity index (χ1n) is 16.8. The van der Waals surface area contributed by atoms with Crippen molar-refractivity contribution in [1.29, 1.82) is 0 Å². The lowest BCUT2D eigenvalue weighted by molar-refractivity contribution is -0.870. The molecular formula is C34H65N2O6P. The zero-order chi connectivity index (χ0) is 32.2. The number of carbonyl (C=O) groups excluding carboxylic acids is 1. The van der Waals surface area contributed by atoms with Crippen molar-refractivity contribution in [2.75, 3.05) is 40.9 Å². The van der Waals surface area contributed by atoms with E-state index < -0.39 is 20.0 Å². The maximum atomic E-state index is 12.7. The first-order valence-corrected chi connectivity index (χ1v) is 18.3. The standard InChI is InChI=1S/C34H65N2O6P/c1-6-8-10-12-14-16-17-18-19-20-22-24-26-28-34(38)35-32(31-42-43(39,40)41-30-29-36(3,4)5)33(37)27-25-23-21-15-13-11-9-7-2/h8,10,14,16,18-19,32-33,37H,6-7,9,11-13,15,17,20-31H2,1-5H3,(H-,35,38,39,40)/b10-8-,16-14-,19-18-. The second-order valence-corrected chi connectivity index (χ2v) is 13.9. The number of likely N-dealkylation sites (N-methyl/N-ethyl adjacent to an activating group) is 1. The summed E-state index contributed by atoms with van der Waals surface area (Å²) in [5.41, 5.74) is 0. The zero-order valence-corrected chi connectivity index (χ0v) is 29.0. The number of unbranched alkanes of at least 4 members (excludes halogenated alkanes) is 10. The number of rotatable bonds is 29. The Kier molecular flexibility index (Phi) is 26.3. The summed E-state index contributed by atoms with van der Waals surface area (Å²) < 4.78 is 23.0. The number of nitrogens with zero attached hydrogens (tertiary/aromatic N) is 1. The lowest BCUT2D eigenvalue weighted by Gasteiger charge is -2.30. The van der Waals surface area contributed by atoms with Crippen molar-refractivity contribution in [2.24, 2.45) is 0 Å². The van der Waals surface area contributed by atoms with Crippen molar-refractivity contribution in [3.8, 4) is 0 Å². The highest BCUT2D eigenvalue weighted by Crippen LogP contribution is 2.38. The summed E-state index contributed by atoms with van der Waals surface area (Å²) in [6.45, 7) is 4.50. The van der Waals surface area contributed by atoms with Crippen LogP contribution in [0.25, 0.3) is 0 Å². The fourth-order valence-corrected chi connectivity index (χ4v) is 5.13. The maximum absolute atomic E-state index is 12.7. The molecule has 0 aliphatic heterocycles.